The second-order valence-corrected chi connectivity index (χ2v) is 3.65. The molecular weight excluding hydrogens is 164 g/mol. The van der Waals surface area contributed by atoms with E-state index in [9.17, 15) is 4.79 Å². The van der Waals surface area contributed by atoms with E-state index in [0.29, 0.717) is 12.1 Å². The third kappa shape index (κ3) is 2.56. The molecule has 0 aromatic rings. The fourth-order valence-electron chi connectivity index (χ4n) is 1.57. The van der Waals surface area contributed by atoms with Crippen LogP contribution in [0.25, 0.3) is 0 Å². The number of nitrogens with zero attached hydrogens (tertiary/aromatic N) is 1. The number of hydrogen-bond donors (Lipinski definition) is 1. The molecular formula is C10H18N2O. The smallest absolute Gasteiger partial charge is 0.246 e. The molecule has 0 bridgehead atoms. The fraction of sp³-hybridized carbons (Fsp3) is 0.700. The van der Waals surface area contributed by atoms with Gasteiger partial charge in [-0.1, -0.05) is 6.08 Å². The lowest BCUT2D eigenvalue weighted by Crippen LogP contribution is -2.55. The summed E-state index contributed by atoms with van der Waals surface area (Å²) in [5.74, 6) is 0.128. The summed E-state index contributed by atoms with van der Waals surface area (Å²) in [5, 5.41) is 3.34. The molecule has 1 fully saturated rings. The molecule has 2 unspecified atom stereocenters. The van der Waals surface area contributed by atoms with Crippen LogP contribution in [0.5, 0.6) is 0 Å². The summed E-state index contributed by atoms with van der Waals surface area (Å²) in [6, 6.07) is 0.713. The first kappa shape index (κ1) is 10.3. The van der Waals surface area contributed by atoms with Crippen LogP contribution in [0.15, 0.2) is 12.2 Å². The van der Waals surface area contributed by atoms with Crippen molar-refractivity contribution in [1.82, 2.24) is 10.2 Å². The predicted octanol–water partition coefficient (Wildman–Crippen LogP) is 0.771. The number of carbonyl (C=O) groups is 1. The largest absolute Gasteiger partial charge is 0.334 e. The Hall–Kier alpha value is -0.830. The SMILES string of the molecule is CC=CC(=O)N1CC(C)NCC1C. The van der Waals surface area contributed by atoms with Gasteiger partial charge in [-0.15, -0.1) is 0 Å². The monoisotopic (exact) mass is 182 g/mol. The highest BCUT2D eigenvalue weighted by atomic mass is 16.2. The van der Waals surface area contributed by atoms with Gasteiger partial charge < -0.3 is 10.2 Å². The van der Waals surface area contributed by atoms with Crippen LogP contribution < -0.4 is 5.32 Å². The van der Waals surface area contributed by atoms with Crippen LogP contribution in [0.1, 0.15) is 20.8 Å². The number of amides is 1. The van der Waals surface area contributed by atoms with E-state index in [1.807, 2.05) is 11.8 Å². The lowest BCUT2D eigenvalue weighted by Gasteiger charge is -2.36. The molecule has 0 aromatic carbocycles. The Bertz CT molecular complexity index is 213. The molecule has 1 N–H and O–H groups in total. The molecule has 13 heavy (non-hydrogen) atoms. The fourth-order valence-corrected chi connectivity index (χ4v) is 1.57. The highest BCUT2D eigenvalue weighted by Gasteiger charge is 2.24. The van der Waals surface area contributed by atoms with Crippen molar-refractivity contribution in [2.45, 2.75) is 32.9 Å². The molecule has 1 saturated heterocycles. The Kier molecular flexibility index (Phi) is 3.48. The number of nitrogens with one attached hydrogen (secondary N) is 1. The van der Waals surface area contributed by atoms with Crippen molar-refractivity contribution in [3.63, 3.8) is 0 Å². The van der Waals surface area contributed by atoms with Crippen LogP contribution >= 0.6 is 0 Å². The van der Waals surface area contributed by atoms with Gasteiger partial charge in [-0.25, -0.2) is 0 Å². The van der Waals surface area contributed by atoms with Crippen molar-refractivity contribution in [1.29, 1.82) is 0 Å². The highest BCUT2D eigenvalue weighted by molar-refractivity contribution is 5.87. The molecule has 74 valence electrons. The van der Waals surface area contributed by atoms with Crippen LogP contribution in [0, 0.1) is 0 Å². The van der Waals surface area contributed by atoms with Crippen LogP contribution in [0.3, 0.4) is 0 Å². The van der Waals surface area contributed by atoms with Crippen molar-refractivity contribution in [3.05, 3.63) is 12.2 Å². The second-order valence-electron chi connectivity index (χ2n) is 3.65. The molecule has 0 spiro atoms. The summed E-state index contributed by atoms with van der Waals surface area (Å²) in [6.45, 7) is 7.74. The van der Waals surface area contributed by atoms with Crippen molar-refractivity contribution in [2.24, 2.45) is 0 Å². The normalized spacial score (nSPS) is 29.6. The third-order valence-electron chi connectivity index (χ3n) is 2.36. The second kappa shape index (κ2) is 4.42. The Morgan fingerprint density at radius 2 is 2.23 bits per heavy atom. The molecule has 0 radical (unpaired) electrons. The molecule has 1 rings (SSSR count). The van der Waals surface area contributed by atoms with Crippen molar-refractivity contribution < 1.29 is 4.79 Å². The summed E-state index contributed by atoms with van der Waals surface area (Å²) in [5.41, 5.74) is 0. The van der Waals surface area contributed by atoms with E-state index in [2.05, 4.69) is 19.2 Å². The van der Waals surface area contributed by atoms with Gasteiger partial charge in [0.1, 0.15) is 0 Å². The molecule has 0 aliphatic carbocycles. The Balaban J connectivity index is 2.60. The molecule has 3 nitrogen and oxygen atoms in total. The van der Waals surface area contributed by atoms with E-state index in [0.717, 1.165) is 13.1 Å². The number of rotatable bonds is 1. The van der Waals surface area contributed by atoms with E-state index >= 15 is 0 Å². The number of carbonyl (C=O) groups excluding carboxylic acids is 1. The summed E-state index contributed by atoms with van der Waals surface area (Å²) in [6.07, 6.45) is 3.43. The maximum absolute atomic E-state index is 11.6. The maximum atomic E-state index is 11.6. The third-order valence-corrected chi connectivity index (χ3v) is 2.36. The van der Waals surface area contributed by atoms with Crippen molar-refractivity contribution in [3.8, 4) is 0 Å². The average Bonchev–Trinajstić information content (AvgIpc) is 2.09. The lowest BCUT2D eigenvalue weighted by atomic mass is 10.1. The van der Waals surface area contributed by atoms with Gasteiger partial charge in [-0.05, 0) is 26.8 Å². The Labute approximate surface area is 79.8 Å². The van der Waals surface area contributed by atoms with Crippen LogP contribution in [0.2, 0.25) is 0 Å². The zero-order valence-corrected chi connectivity index (χ0v) is 8.58. The van der Waals surface area contributed by atoms with Gasteiger partial charge >= 0.3 is 0 Å². The van der Waals surface area contributed by atoms with Crippen LogP contribution in [-0.2, 0) is 4.79 Å². The quantitative estimate of drug-likeness (QED) is 0.608. The minimum atomic E-state index is 0.128. The van der Waals surface area contributed by atoms with Crippen LogP contribution in [-0.4, -0.2) is 36.0 Å². The summed E-state index contributed by atoms with van der Waals surface area (Å²) < 4.78 is 0. The molecule has 2 atom stereocenters. The molecule has 3 heteroatoms. The lowest BCUT2D eigenvalue weighted by molar-refractivity contribution is -0.129. The van der Waals surface area contributed by atoms with Gasteiger partial charge in [-0.2, -0.15) is 0 Å². The van der Waals surface area contributed by atoms with E-state index in [1.165, 1.54) is 0 Å². The van der Waals surface area contributed by atoms with Gasteiger partial charge in [0.2, 0.25) is 5.91 Å². The molecule has 0 aromatic heterocycles. The summed E-state index contributed by atoms with van der Waals surface area (Å²) in [7, 11) is 0. The van der Waals surface area contributed by atoms with Gasteiger partial charge in [0.05, 0.1) is 0 Å². The highest BCUT2D eigenvalue weighted by Crippen LogP contribution is 2.07. The zero-order valence-electron chi connectivity index (χ0n) is 8.58. The molecule has 0 saturated carbocycles. The van der Waals surface area contributed by atoms with E-state index < -0.39 is 0 Å². The summed E-state index contributed by atoms with van der Waals surface area (Å²) >= 11 is 0. The number of hydrogen-bond acceptors (Lipinski definition) is 2. The molecule has 1 amide bonds. The van der Waals surface area contributed by atoms with Crippen molar-refractivity contribution >= 4 is 5.91 Å². The van der Waals surface area contributed by atoms with Crippen molar-refractivity contribution in [2.75, 3.05) is 13.1 Å². The van der Waals surface area contributed by atoms with Gasteiger partial charge in [0.15, 0.2) is 0 Å². The predicted molar refractivity (Wildman–Crippen MR) is 53.5 cm³/mol. The first-order valence-electron chi connectivity index (χ1n) is 4.81. The minimum Gasteiger partial charge on any atom is -0.334 e. The Morgan fingerprint density at radius 3 is 2.85 bits per heavy atom. The first-order valence-corrected chi connectivity index (χ1v) is 4.81. The number of piperazine rings is 1. The van der Waals surface area contributed by atoms with E-state index in [1.54, 1.807) is 12.2 Å². The topological polar surface area (TPSA) is 32.3 Å². The standard InChI is InChI=1S/C10H18N2O/c1-4-5-10(13)12-7-8(2)11-6-9(12)3/h4-5,8-9,11H,6-7H2,1-3H3. The minimum absolute atomic E-state index is 0.128. The van der Waals surface area contributed by atoms with Gasteiger partial charge in [0.25, 0.3) is 0 Å². The van der Waals surface area contributed by atoms with Crippen LogP contribution in [0.4, 0.5) is 0 Å². The number of allylic oxidation sites excluding steroid dienone is 1. The van der Waals surface area contributed by atoms with E-state index in [-0.39, 0.29) is 5.91 Å². The Morgan fingerprint density at radius 1 is 1.54 bits per heavy atom. The molecule has 1 aliphatic heterocycles. The van der Waals surface area contributed by atoms with E-state index in [4.69, 9.17) is 0 Å². The maximum Gasteiger partial charge on any atom is 0.246 e. The molecule has 1 heterocycles. The first-order chi connectivity index (χ1) is 6.15. The van der Waals surface area contributed by atoms with Gasteiger partial charge in [0, 0.05) is 25.2 Å². The van der Waals surface area contributed by atoms with Gasteiger partial charge in [-0.3, -0.25) is 4.79 Å². The zero-order chi connectivity index (χ0) is 9.84. The average molecular weight is 182 g/mol. The summed E-state index contributed by atoms with van der Waals surface area (Å²) in [4.78, 5) is 13.5. The molecule has 1 aliphatic rings.